The summed E-state index contributed by atoms with van der Waals surface area (Å²) in [5, 5.41) is 15.1. The van der Waals surface area contributed by atoms with Gasteiger partial charge in [0.25, 0.3) is 0 Å². The summed E-state index contributed by atoms with van der Waals surface area (Å²) in [6.45, 7) is 0.462. The molecule has 12 heavy (non-hydrogen) atoms. The molecule has 1 heterocycles. The Morgan fingerprint density at radius 3 is 3.08 bits per heavy atom. The maximum Gasteiger partial charge on any atom is 0.317 e. The maximum absolute atomic E-state index is 10.1. The van der Waals surface area contributed by atoms with E-state index >= 15 is 0 Å². The van der Waals surface area contributed by atoms with Gasteiger partial charge in [-0.1, -0.05) is 0 Å². The van der Waals surface area contributed by atoms with E-state index in [1.165, 1.54) is 0 Å². The van der Waals surface area contributed by atoms with Gasteiger partial charge in [0.1, 0.15) is 0 Å². The standard InChI is InChI=1S/C7H11N3O2/c1-10-3-2-6(9-10)4-8-5-7(11)12/h2-3,8H,4-5H2,1H3,(H,11,12). The van der Waals surface area contributed by atoms with E-state index in [0.717, 1.165) is 5.69 Å². The lowest BCUT2D eigenvalue weighted by atomic mass is 10.4. The number of nitrogens with zero attached hydrogens (tertiary/aromatic N) is 2. The lowest BCUT2D eigenvalue weighted by Crippen LogP contribution is -2.22. The zero-order valence-corrected chi connectivity index (χ0v) is 6.82. The first-order valence-corrected chi connectivity index (χ1v) is 3.59. The number of aromatic nitrogens is 2. The Morgan fingerprint density at radius 1 is 1.83 bits per heavy atom. The van der Waals surface area contributed by atoms with Crippen molar-refractivity contribution in [2.45, 2.75) is 6.54 Å². The van der Waals surface area contributed by atoms with E-state index in [9.17, 15) is 4.79 Å². The van der Waals surface area contributed by atoms with Crippen LogP contribution in [0.15, 0.2) is 12.3 Å². The molecule has 0 bridgehead atoms. The molecule has 1 aromatic rings. The number of hydrogen-bond acceptors (Lipinski definition) is 3. The van der Waals surface area contributed by atoms with Crippen LogP contribution in [0.1, 0.15) is 5.69 Å². The predicted octanol–water partition coefficient (Wildman–Crippen LogP) is -0.406. The molecule has 0 radical (unpaired) electrons. The Morgan fingerprint density at radius 2 is 2.58 bits per heavy atom. The van der Waals surface area contributed by atoms with Gasteiger partial charge in [0, 0.05) is 19.8 Å². The molecule has 0 unspecified atom stereocenters. The summed E-state index contributed by atoms with van der Waals surface area (Å²) < 4.78 is 1.68. The summed E-state index contributed by atoms with van der Waals surface area (Å²) in [5.41, 5.74) is 0.846. The Labute approximate surface area is 70.0 Å². The molecule has 0 aliphatic carbocycles. The molecule has 66 valence electrons. The van der Waals surface area contributed by atoms with Gasteiger partial charge in [-0.2, -0.15) is 5.10 Å². The van der Waals surface area contributed by atoms with Crippen LogP contribution in [0.25, 0.3) is 0 Å². The van der Waals surface area contributed by atoms with Crippen LogP contribution in [-0.4, -0.2) is 27.4 Å². The first-order valence-electron chi connectivity index (χ1n) is 3.59. The van der Waals surface area contributed by atoms with Crippen molar-refractivity contribution in [2.75, 3.05) is 6.54 Å². The molecule has 0 atom stereocenters. The monoisotopic (exact) mass is 169 g/mol. The van der Waals surface area contributed by atoms with Crippen molar-refractivity contribution in [2.24, 2.45) is 7.05 Å². The third kappa shape index (κ3) is 2.71. The number of aryl methyl sites for hydroxylation is 1. The van der Waals surface area contributed by atoms with Crippen molar-refractivity contribution < 1.29 is 9.90 Å². The van der Waals surface area contributed by atoms with Gasteiger partial charge >= 0.3 is 5.97 Å². The van der Waals surface area contributed by atoms with Gasteiger partial charge in [-0.15, -0.1) is 0 Å². The summed E-state index contributed by atoms with van der Waals surface area (Å²) in [6.07, 6.45) is 1.82. The third-order valence-electron chi connectivity index (χ3n) is 1.35. The second-order valence-electron chi connectivity index (χ2n) is 2.48. The fourth-order valence-electron chi connectivity index (χ4n) is 0.855. The lowest BCUT2D eigenvalue weighted by molar-refractivity contribution is -0.135. The van der Waals surface area contributed by atoms with Crippen LogP contribution in [0.5, 0.6) is 0 Å². The summed E-state index contributed by atoms with van der Waals surface area (Å²) in [5.74, 6) is -0.856. The molecule has 0 amide bonds. The fraction of sp³-hybridized carbons (Fsp3) is 0.429. The zero-order valence-electron chi connectivity index (χ0n) is 6.82. The first-order chi connectivity index (χ1) is 5.68. The minimum atomic E-state index is -0.856. The Balaban J connectivity index is 2.29. The van der Waals surface area contributed by atoms with E-state index in [1.54, 1.807) is 4.68 Å². The fourth-order valence-corrected chi connectivity index (χ4v) is 0.855. The molecule has 0 aliphatic rings. The molecule has 0 spiro atoms. The quantitative estimate of drug-likeness (QED) is 0.643. The van der Waals surface area contributed by atoms with E-state index in [-0.39, 0.29) is 6.54 Å². The molecule has 2 N–H and O–H groups in total. The molecule has 0 saturated heterocycles. The first kappa shape index (κ1) is 8.73. The van der Waals surface area contributed by atoms with E-state index in [0.29, 0.717) is 6.54 Å². The maximum atomic E-state index is 10.1. The number of nitrogens with one attached hydrogen (secondary N) is 1. The average Bonchev–Trinajstić information content (AvgIpc) is 2.35. The minimum absolute atomic E-state index is 0.0312. The molecule has 5 heteroatoms. The Bertz CT molecular complexity index is 269. The van der Waals surface area contributed by atoms with E-state index in [1.807, 2.05) is 19.3 Å². The molecule has 0 aromatic carbocycles. The number of carboxylic acids is 1. The second-order valence-corrected chi connectivity index (χ2v) is 2.48. The van der Waals surface area contributed by atoms with Gasteiger partial charge in [0.15, 0.2) is 0 Å². The van der Waals surface area contributed by atoms with Gasteiger partial charge in [-0.3, -0.25) is 9.48 Å². The summed E-state index contributed by atoms with van der Waals surface area (Å²) >= 11 is 0. The van der Waals surface area contributed by atoms with Crippen LogP contribution >= 0.6 is 0 Å². The van der Waals surface area contributed by atoms with Crippen LogP contribution in [0.3, 0.4) is 0 Å². The Hall–Kier alpha value is -1.36. The topological polar surface area (TPSA) is 67.2 Å². The number of carboxylic acid groups (broad SMARTS) is 1. The van der Waals surface area contributed by atoms with E-state index in [2.05, 4.69) is 10.4 Å². The summed E-state index contributed by atoms with van der Waals surface area (Å²) in [7, 11) is 1.82. The molecular weight excluding hydrogens is 158 g/mol. The third-order valence-corrected chi connectivity index (χ3v) is 1.35. The highest BCUT2D eigenvalue weighted by molar-refractivity contribution is 5.68. The van der Waals surface area contributed by atoms with Crippen molar-refractivity contribution in [3.8, 4) is 0 Å². The summed E-state index contributed by atoms with van der Waals surface area (Å²) in [4.78, 5) is 10.1. The molecule has 0 aliphatic heterocycles. The van der Waals surface area contributed by atoms with Crippen molar-refractivity contribution in [3.05, 3.63) is 18.0 Å². The van der Waals surface area contributed by atoms with E-state index < -0.39 is 5.97 Å². The summed E-state index contributed by atoms with van der Waals surface area (Å²) in [6, 6.07) is 1.84. The molecule has 5 nitrogen and oxygen atoms in total. The number of hydrogen-bond donors (Lipinski definition) is 2. The van der Waals surface area contributed by atoms with Gasteiger partial charge in [0.05, 0.1) is 12.2 Å². The van der Waals surface area contributed by atoms with Gasteiger partial charge in [-0.25, -0.2) is 0 Å². The van der Waals surface area contributed by atoms with Crippen molar-refractivity contribution >= 4 is 5.97 Å². The van der Waals surface area contributed by atoms with Crippen molar-refractivity contribution in [1.29, 1.82) is 0 Å². The average molecular weight is 169 g/mol. The normalized spacial score (nSPS) is 10.1. The number of carbonyl (C=O) groups is 1. The number of rotatable bonds is 4. The molecule has 1 rings (SSSR count). The van der Waals surface area contributed by atoms with E-state index in [4.69, 9.17) is 5.11 Å². The minimum Gasteiger partial charge on any atom is -0.480 e. The van der Waals surface area contributed by atoms with Crippen LogP contribution in [0, 0.1) is 0 Å². The van der Waals surface area contributed by atoms with Gasteiger partial charge in [0.2, 0.25) is 0 Å². The number of aliphatic carboxylic acids is 1. The highest BCUT2D eigenvalue weighted by Gasteiger charge is 1.98. The molecule has 0 fully saturated rings. The largest absolute Gasteiger partial charge is 0.480 e. The van der Waals surface area contributed by atoms with Crippen molar-refractivity contribution in [3.63, 3.8) is 0 Å². The highest BCUT2D eigenvalue weighted by atomic mass is 16.4. The van der Waals surface area contributed by atoms with Gasteiger partial charge < -0.3 is 10.4 Å². The van der Waals surface area contributed by atoms with Crippen LogP contribution in [-0.2, 0) is 18.4 Å². The van der Waals surface area contributed by atoms with Crippen LogP contribution in [0.4, 0.5) is 0 Å². The smallest absolute Gasteiger partial charge is 0.317 e. The van der Waals surface area contributed by atoms with Crippen LogP contribution in [0.2, 0.25) is 0 Å². The molecule has 1 aromatic heterocycles. The second kappa shape index (κ2) is 3.87. The molecular formula is C7H11N3O2. The predicted molar refractivity (Wildman–Crippen MR) is 42.6 cm³/mol. The zero-order chi connectivity index (χ0) is 8.97. The Kier molecular flexibility index (Phi) is 2.82. The van der Waals surface area contributed by atoms with Gasteiger partial charge in [-0.05, 0) is 6.07 Å². The SMILES string of the molecule is Cn1ccc(CNCC(=O)O)n1. The van der Waals surface area contributed by atoms with Crippen molar-refractivity contribution in [1.82, 2.24) is 15.1 Å². The lowest BCUT2D eigenvalue weighted by Gasteiger charge is -1.96. The van der Waals surface area contributed by atoms with Crippen LogP contribution < -0.4 is 5.32 Å². The highest BCUT2D eigenvalue weighted by Crippen LogP contribution is 1.91. The molecule has 0 saturated carbocycles.